The molecule has 66 valence electrons. The Hall–Kier alpha value is -0.580. The Labute approximate surface area is 75.7 Å². The van der Waals surface area contributed by atoms with Crippen molar-refractivity contribution >= 4 is 15.9 Å². The number of pyridine rings is 1. The van der Waals surface area contributed by atoms with Gasteiger partial charge in [0.2, 0.25) is 0 Å². The van der Waals surface area contributed by atoms with Gasteiger partial charge in [0, 0.05) is 10.7 Å². The summed E-state index contributed by atoms with van der Waals surface area (Å²) in [6.07, 6.45) is 1.21. The molecule has 1 rings (SSSR count). The molecule has 0 aliphatic rings. The zero-order valence-corrected chi connectivity index (χ0v) is 7.48. The molecule has 0 saturated heterocycles. The molecule has 0 fully saturated rings. The van der Waals surface area contributed by atoms with Crippen LogP contribution >= 0.6 is 15.9 Å². The first-order valence-corrected chi connectivity index (χ1v) is 3.91. The lowest BCUT2D eigenvalue weighted by molar-refractivity contribution is -0.0321. The van der Waals surface area contributed by atoms with Crippen molar-refractivity contribution in [2.24, 2.45) is 0 Å². The standard InChI is InChI=1S/C7H5BrF3N/c8-5-1-2-6(12-3-5)7(10,11)4-9/h1-3H,4H2. The van der Waals surface area contributed by atoms with E-state index in [0.29, 0.717) is 4.47 Å². The summed E-state index contributed by atoms with van der Waals surface area (Å²) in [4.78, 5) is 3.38. The molecule has 1 aromatic rings. The van der Waals surface area contributed by atoms with Crippen LogP contribution in [0.4, 0.5) is 13.2 Å². The van der Waals surface area contributed by atoms with E-state index in [1.807, 2.05) is 0 Å². The quantitative estimate of drug-likeness (QED) is 0.774. The van der Waals surface area contributed by atoms with Gasteiger partial charge in [-0.05, 0) is 28.1 Å². The molecule has 0 spiro atoms. The minimum Gasteiger partial charge on any atom is -0.254 e. The van der Waals surface area contributed by atoms with E-state index < -0.39 is 18.3 Å². The summed E-state index contributed by atoms with van der Waals surface area (Å²) in [6.45, 7) is -1.72. The number of alkyl halides is 3. The zero-order valence-electron chi connectivity index (χ0n) is 5.90. The molecule has 12 heavy (non-hydrogen) atoms. The van der Waals surface area contributed by atoms with Gasteiger partial charge in [-0.1, -0.05) is 0 Å². The van der Waals surface area contributed by atoms with E-state index in [1.165, 1.54) is 12.3 Å². The molecule has 0 saturated carbocycles. The highest BCUT2D eigenvalue weighted by Gasteiger charge is 2.32. The van der Waals surface area contributed by atoms with Crippen LogP contribution < -0.4 is 0 Å². The van der Waals surface area contributed by atoms with Crippen LogP contribution in [0.25, 0.3) is 0 Å². The molecular formula is C7H5BrF3N. The van der Waals surface area contributed by atoms with Crippen LogP contribution in [0, 0.1) is 0 Å². The Kier molecular flexibility index (Phi) is 2.72. The molecule has 0 atom stereocenters. The summed E-state index contributed by atoms with van der Waals surface area (Å²) in [6, 6.07) is 2.48. The van der Waals surface area contributed by atoms with Crippen LogP contribution in [-0.2, 0) is 5.92 Å². The lowest BCUT2D eigenvalue weighted by Crippen LogP contribution is -2.17. The van der Waals surface area contributed by atoms with Gasteiger partial charge >= 0.3 is 5.92 Å². The van der Waals surface area contributed by atoms with Gasteiger partial charge in [-0.25, -0.2) is 4.39 Å². The fourth-order valence-corrected chi connectivity index (χ4v) is 0.895. The van der Waals surface area contributed by atoms with Crippen LogP contribution in [0.5, 0.6) is 0 Å². The minimum absolute atomic E-state index is 0.548. The summed E-state index contributed by atoms with van der Waals surface area (Å²) < 4.78 is 37.5. The average Bonchev–Trinajstić information content (AvgIpc) is 2.05. The smallest absolute Gasteiger partial charge is 0.254 e. The first kappa shape index (κ1) is 9.51. The van der Waals surface area contributed by atoms with E-state index in [9.17, 15) is 13.2 Å². The van der Waals surface area contributed by atoms with Gasteiger partial charge < -0.3 is 0 Å². The van der Waals surface area contributed by atoms with Gasteiger partial charge in [0.05, 0.1) is 0 Å². The van der Waals surface area contributed by atoms with Crippen LogP contribution in [0.15, 0.2) is 22.8 Å². The van der Waals surface area contributed by atoms with Crippen LogP contribution in [-0.4, -0.2) is 11.7 Å². The maximum Gasteiger partial charge on any atom is 0.317 e. The van der Waals surface area contributed by atoms with Crippen molar-refractivity contribution in [1.29, 1.82) is 0 Å². The second kappa shape index (κ2) is 3.43. The normalized spacial score (nSPS) is 11.7. The molecule has 0 unspecified atom stereocenters. The molecule has 5 heteroatoms. The largest absolute Gasteiger partial charge is 0.317 e. The molecule has 1 aromatic heterocycles. The van der Waals surface area contributed by atoms with Gasteiger partial charge in [0.25, 0.3) is 0 Å². The summed E-state index contributed by atoms with van der Waals surface area (Å²) in [5.74, 6) is -3.47. The van der Waals surface area contributed by atoms with Crippen molar-refractivity contribution in [1.82, 2.24) is 4.98 Å². The first-order valence-electron chi connectivity index (χ1n) is 3.12. The zero-order chi connectivity index (χ0) is 9.19. The van der Waals surface area contributed by atoms with Crippen molar-refractivity contribution in [2.75, 3.05) is 6.67 Å². The highest BCUT2D eigenvalue weighted by molar-refractivity contribution is 9.10. The van der Waals surface area contributed by atoms with E-state index in [1.54, 1.807) is 0 Å². The van der Waals surface area contributed by atoms with Crippen LogP contribution in [0.3, 0.4) is 0 Å². The maximum atomic E-state index is 12.6. The Balaban J connectivity index is 2.96. The fraction of sp³-hybridized carbons (Fsp3) is 0.286. The molecule has 0 N–H and O–H groups in total. The van der Waals surface area contributed by atoms with Gasteiger partial charge in [-0.3, -0.25) is 4.98 Å². The number of aromatic nitrogens is 1. The molecular weight excluding hydrogens is 235 g/mol. The maximum absolute atomic E-state index is 12.6. The molecule has 0 radical (unpaired) electrons. The monoisotopic (exact) mass is 239 g/mol. The predicted molar refractivity (Wildman–Crippen MR) is 41.8 cm³/mol. The van der Waals surface area contributed by atoms with E-state index in [4.69, 9.17) is 0 Å². The van der Waals surface area contributed by atoms with Gasteiger partial charge in [-0.15, -0.1) is 0 Å². The van der Waals surface area contributed by atoms with Crippen molar-refractivity contribution in [2.45, 2.75) is 5.92 Å². The summed E-state index contributed by atoms with van der Waals surface area (Å²) in [5, 5.41) is 0. The number of nitrogens with zero attached hydrogens (tertiary/aromatic N) is 1. The molecule has 0 aliphatic carbocycles. The van der Waals surface area contributed by atoms with Gasteiger partial charge in [0.15, 0.2) is 6.67 Å². The SMILES string of the molecule is FCC(F)(F)c1ccc(Br)cn1. The van der Waals surface area contributed by atoms with Crippen molar-refractivity contribution in [3.63, 3.8) is 0 Å². The number of hydrogen-bond donors (Lipinski definition) is 0. The Morgan fingerprint density at radius 3 is 2.50 bits per heavy atom. The molecule has 0 aliphatic heterocycles. The van der Waals surface area contributed by atoms with E-state index in [-0.39, 0.29) is 0 Å². The summed E-state index contributed by atoms with van der Waals surface area (Å²) >= 11 is 3.03. The minimum atomic E-state index is -3.47. The van der Waals surface area contributed by atoms with Crippen LogP contribution in [0.2, 0.25) is 0 Å². The molecule has 0 aromatic carbocycles. The molecule has 1 nitrogen and oxygen atoms in total. The van der Waals surface area contributed by atoms with E-state index in [0.717, 1.165) is 6.07 Å². The highest BCUT2D eigenvalue weighted by atomic mass is 79.9. The third-order valence-electron chi connectivity index (χ3n) is 1.27. The molecule has 1 heterocycles. The number of halogens is 4. The van der Waals surface area contributed by atoms with Crippen molar-refractivity contribution in [3.05, 3.63) is 28.5 Å². The predicted octanol–water partition coefficient (Wildman–Crippen LogP) is 2.91. The molecule has 0 amide bonds. The summed E-state index contributed by atoms with van der Waals surface area (Å²) in [7, 11) is 0. The van der Waals surface area contributed by atoms with Crippen molar-refractivity contribution in [3.8, 4) is 0 Å². The van der Waals surface area contributed by atoms with Gasteiger partial charge in [0.1, 0.15) is 5.69 Å². The lowest BCUT2D eigenvalue weighted by atomic mass is 10.2. The third kappa shape index (κ3) is 1.97. The third-order valence-corrected chi connectivity index (χ3v) is 1.74. The topological polar surface area (TPSA) is 12.9 Å². The average molecular weight is 240 g/mol. The Morgan fingerprint density at radius 1 is 1.42 bits per heavy atom. The fourth-order valence-electron chi connectivity index (χ4n) is 0.661. The van der Waals surface area contributed by atoms with E-state index >= 15 is 0 Å². The molecule has 0 bridgehead atoms. The van der Waals surface area contributed by atoms with Crippen LogP contribution in [0.1, 0.15) is 5.69 Å². The second-order valence-electron chi connectivity index (χ2n) is 2.20. The number of rotatable bonds is 2. The number of hydrogen-bond acceptors (Lipinski definition) is 1. The van der Waals surface area contributed by atoms with Crippen molar-refractivity contribution < 1.29 is 13.2 Å². The lowest BCUT2D eigenvalue weighted by Gasteiger charge is -2.10. The summed E-state index contributed by atoms with van der Waals surface area (Å²) in [5.41, 5.74) is -0.548. The van der Waals surface area contributed by atoms with E-state index in [2.05, 4.69) is 20.9 Å². The van der Waals surface area contributed by atoms with Gasteiger partial charge in [-0.2, -0.15) is 8.78 Å². The first-order chi connectivity index (χ1) is 5.56. The Morgan fingerprint density at radius 2 is 2.08 bits per heavy atom. The highest BCUT2D eigenvalue weighted by Crippen LogP contribution is 2.26. The Bertz CT molecular complexity index is 260. The second-order valence-corrected chi connectivity index (χ2v) is 3.12.